The monoisotopic (exact) mass is 247 g/mol. The molecule has 0 heterocycles. The summed E-state index contributed by atoms with van der Waals surface area (Å²) in [5.74, 6) is 0. The van der Waals surface area contributed by atoms with Gasteiger partial charge >= 0.3 is 6.03 Å². The SMILES string of the molecule is CN(C)CCCNC(=O)N/C=C/c1ccccc1. The second-order valence-electron chi connectivity index (χ2n) is 4.30. The van der Waals surface area contributed by atoms with Gasteiger partial charge < -0.3 is 15.5 Å². The summed E-state index contributed by atoms with van der Waals surface area (Å²) < 4.78 is 0. The van der Waals surface area contributed by atoms with Gasteiger partial charge in [-0.15, -0.1) is 0 Å². The Balaban J connectivity index is 2.15. The van der Waals surface area contributed by atoms with Crippen molar-refractivity contribution >= 4 is 12.1 Å². The van der Waals surface area contributed by atoms with E-state index in [-0.39, 0.29) is 6.03 Å². The number of nitrogens with one attached hydrogen (secondary N) is 2. The van der Waals surface area contributed by atoms with E-state index >= 15 is 0 Å². The van der Waals surface area contributed by atoms with E-state index in [2.05, 4.69) is 15.5 Å². The van der Waals surface area contributed by atoms with Crippen molar-refractivity contribution < 1.29 is 4.79 Å². The van der Waals surface area contributed by atoms with Crippen molar-refractivity contribution in [3.8, 4) is 0 Å². The van der Waals surface area contributed by atoms with Crippen LogP contribution in [-0.4, -0.2) is 38.1 Å². The lowest BCUT2D eigenvalue weighted by Crippen LogP contribution is -2.33. The number of carbonyl (C=O) groups is 1. The van der Waals surface area contributed by atoms with Crippen LogP contribution >= 0.6 is 0 Å². The molecule has 4 heteroatoms. The summed E-state index contributed by atoms with van der Waals surface area (Å²) in [6.45, 7) is 1.66. The first-order chi connectivity index (χ1) is 8.68. The fourth-order valence-electron chi connectivity index (χ4n) is 1.43. The third-order valence-electron chi connectivity index (χ3n) is 2.36. The molecule has 4 nitrogen and oxygen atoms in total. The van der Waals surface area contributed by atoms with Crippen LogP contribution in [0.4, 0.5) is 4.79 Å². The average Bonchev–Trinajstić information content (AvgIpc) is 2.36. The normalized spacial score (nSPS) is 10.8. The second-order valence-corrected chi connectivity index (χ2v) is 4.30. The van der Waals surface area contributed by atoms with Crippen LogP contribution in [-0.2, 0) is 0 Å². The largest absolute Gasteiger partial charge is 0.338 e. The van der Waals surface area contributed by atoms with Gasteiger partial charge in [0.1, 0.15) is 0 Å². The summed E-state index contributed by atoms with van der Waals surface area (Å²) >= 11 is 0. The Labute approximate surface area is 109 Å². The van der Waals surface area contributed by atoms with Crippen molar-refractivity contribution in [2.45, 2.75) is 6.42 Å². The van der Waals surface area contributed by atoms with E-state index in [4.69, 9.17) is 0 Å². The molecule has 0 radical (unpaired) electrons. The highest BCUT2D eigenvalue weighted by atomic mass is 16.2. The molecule has 2 N–H and O–H groups in total. The van der Waals surface area contributed by atoms with Gasteiger partial charge in [0.05, 0.1) is 0 Å². The van der Waals surface area contributed by atoms with E-state index in [1.165, 1.54) is 0 Å². The summed E-state index contributed by atoms with van der Waals surface area (Å²) in [6, 6.07) is 9.67. The highest BCUT2D eigenvalue weighted by Crippen LogP contribution is 1.99. The summed E-state index contributed by atoms with van der Waals surface area (Å²) in [5, 5.41) is 5.47. The lowest BCUT2D eigenvalue weighted by atomic mass is 10.2. The second kappa shape index (κ2) is 8.31. The number of amides is 2. The number of rotatable bonds is 6. The first kappa shape index (κ1) is 14.3. The molecule has 0 aliphatic rings. The minimum atomic E-state index is -0.166. The predicted octanol–water partition coefficient (Wildman–Crippen LogP) is 1.91. The van der Waals surface area contributed by atoms with Crippen LogP contribution in [0.1, 0.15) is 12.0 Å². The van der Waals surface area contributed by atoms with Crippen LogP contribution < -0.4 is 10.6 Å². The van der Waals surface area contributed by atoms with Crippen molar-refractivity contribution in [3.63, 3.8) is 0 Å². The molecule has 0 unspecified atom stereocenters. The van der Waals surface area contributed by atoms with Gasteiger partial charge in [-0.25, -0.2) is 4.79 Å². The number of benzene rings is 1. The van der Waals surface area contributed by atoms with Crippen molar-refractivity contribution in [2.75, 3.05) is 27.2 Å². The predicted molar refractivity (Wildman–Crippen MR) is 75.2 cm³/mol. The van der Waals surface area contributed by atoms with E-state index in [1.807, 2.05) is 50.5 Å². The Kier molecular flexibility index (Phi) is 6.58. The van der Waals surface area contributed by atoms with Gasteiger partial charge in [-0.3, -0.25) is 0 Å². The zero-order valence-electron chi connectivity index (χ0n) is 11.0. The smallest absolute Gasteiger partial charge is 0.318 e. The van der Waals surface area contributed by atoms with Crippen molar-refractivity contribution in [1.29, 1.82) is 0 Å². The number of carbonyl (C=O) groups excluding carboxylic acids is 1. The molecule has 0 saturated heterocycles. The van der Waals surface area contributed by atoms with Gasteiger partial charge in [-0.05, 0) is 38.7 Å². The molecule has 0 spiro atoms. The maximum Gasteiger partial charge on any atom is 0.318 e. The van der Waals surface area contributed by atoms with E-state index < -0.39 is 0 Å². The maximum atomic E-state index is 11.4. The molecule has 1 rings (SSSR count). The molecule has 0 saturated carbocycles. The fraction of sp³-hybridized carbons (Fsp3) is 0.357. The van der Waals surface area contributed by atoms with Gasteiger partial charge in [-0.2, -0.15) is 0 Å². The Bertz CT molecular complexity index is 374. The summed E-state index contributed by atoms with van der Waals surface area (Å²) in [4.78, 5) is 13.5. The van der Waals surface area contributed by atoms with E-state index in [1.54, 1.807) is 6.20 Å². The zero-order valence-corrected chi connectivity index (χ0v) is 11.0. The highest BCUT2D eigenvalue weighted by Gasteiger charge is 1.96. The minimum Gasteiger partial charge on any atom is -0.338 e. The number of nitrogens with zero attached hydrogens (tertiary/aromatic N) is 1. The van der Waals surface area contributed by atoms with E-state index in [0.717, 1.165) is 18.5 Å². The quantitative estimate of drug-likeness (QED) is 0.754. The summed E-state index contributed by atoms with van der Waals surface area (Å²) in [5.41, 5.74) is 1.06. The maximum absolute atomic E-state index is 11.4. The molecule has 98 valence electrons. The molecular formula is C14H21N3O. The molecule has 1 aromatic rings. The van der Waals surface area contributed by atoms with Crippen LogP contribution in [0.5, 0.6) is 0 Å². The molecule has 0 atom stereocenters. The molecule has 18 heavy (non-hydrogen) atoms. The molecule has 1 aromatic carbocycles. The summed E-state index contributed by atoms with van der Waals surface area (Å²) in [6.07, 6.45) is 4.46. The van der Waals surface area contributed by atoms with Gasteiger partial charge in [0, 0.05) is 12.7 Å². The molecule has 0 fully saturated rings. The minimum absolute atomic E-state index is 0.166. The molecule has 0 bridgehead atoms. The molecule has 2 amide bonds. The third kappa shape index (κ3) is 6.70. The van der Waals surface area contributed by atoms with E-state index in [0.29, 0.717) is 6.54 Å². The van der Waals surface area contributed by atoms with Crippen LogP contribution in [0, 0.1) is 0 Å². The van der Waals surface area contributed by atoms with Crippen molar-refractivity contribution in [1.82, 2.24) is 15.5 Å². The van der Waals surface area contributed by atoms with Crippen molar-refractivity contribution in [3.05, 3.63) is 42.1 Å². The Morgan fingerprint density at radius 1 is 1.28 bits per heavy atom. The lowest BCUT2D eigenvalue weighted by molar-refractivity contribution is 0.243. The molecule has 0 aliphatic carbocycles. The Morgan fingerprint density at radius 3 is 2.67 bits per heavy atom. The summed E-state index contributed by atoms with van der Waals surface area (Å²) in [7, 11) is 4.03. The first-order valence-electron chi connectivity index (χ1n) is 6.09. The van der Waals surface area contributed by atoms with E-state index in [9.17, 15) is 4.79 Å². The van der Waals surface area contributed by atoms with Gasteiger partial charge in [0.15, 0.2) is 0 Å². The average molecular weight is 247 g/mol. The fourth-order valence-corrected chi connectivity index (χ4v) is 1.43. The topological polar surface area (TPSA) is 44.4 Å². The Hall–Kier alpha value is -1.81. The number of hydrogen-bond donors (Lipinski definition) is 2. The highest BCUT2D eigenvalue weighted by molar-refractivity contribution is 5.75. The van der Waals surface area contributed by atoms with Gasteiger partial charge in [0.25, 0.3) is 0 Å². The standard InChI is InChI=1S/C14H21N3O/c1-17(2)12-6-10-15-14(18)16-11-9-13-7-4-3-5-8-13/h3-5,7-9,11H,6,10,12H2,1-2H3,(H2,15,16,18)/b11-9+. The number of hydrogen-bond acceptors (Lipinski definition) is 2. The zero-order chi connectivity index (χ0) is 13.2. The van der Waals surface area contributed by atoms with Crippen LogP contribution in [0.15, 0.2) is 36.5 Å². The third-order valence-corrected chi connectivity index (χ3v) is 2.36. The van der Waals surface area contributed by atoms with Crippen LogP contribution in [0.3, 0.4) is 0 Å². The van der Waals surface area contributed by atoms with Gasteiger partial charge in [-0.1, -0.05) is 30.3 Å². The van der Waals surface area contributed by atoms with Gasteiger partial charge in [0.2, 0.25) is 0 Å². The lowest BCUT2D eigenvalue weighted by Gasteiger charge is -2.09. The molecule has 0 aliphatic heterocycles. The Morgan fingerprint density at radius 2 is 2.00 bits per heavy atom. The number of urea groups is 1. The first-order valence-corrected chi connectivity index (χ1v) is 6.09. The van der Waals surface area contributed by atoms with Crippen molar-refractivity contribution in [2.24, 2.45) is 0 Å². The molecular weight excluding hydrogens is 226 g/mol. The van der Waals surface area contributed by atoms with Crippen LogP contribution in [0.25, 0.3) is 6.08 Å². The molecule has 0 aromatic heterocycles. The van der Waals surface area contributed by atoms with Crippen LogP contribution in [0.2, 0.25) is 0 Å².